The monoisotopic (exact) mass is 504 g/mol. The zero-order chi connectivity index (χ0) is 20.5. The van der Waals surface area contributed by atoms with Crippen molar-refractivity contribution in [1.82, 2.24) is 0 Å². The number of alkyl halides is 3. The highest BCUT2D eigenvalue weighted by molar-refractivity contribution is 14.1. The minimum atomic E-state index is -4.56. The standard InChI is InChI=1S/C24H16F3IO/c25-24(26,27)23(19-14-8-3-9-15-19)16-20(17-10-4-1-5-11-17)29-21(22(23)28)18-12-6-2-7-13-18/h1-16H/t23-/m1/s1. The van der Waals surface area contributed by atoms with Crippen LogP contribution in [0.4, 0.5) is 13.2 Å². The summed E-state index contributed by atoms with van der Waals surface area (Å²) < 4.78 is 50.5. The van der Waals surface area contributed by atoms with Crippen LogP contribution < -0.4 is 0 Å². The van der Waals surface area contributed by atoms with E-state index in [1.807, 2.05) is 12.1 Å². The van der Waals surface area contributed by atoms with Crippen molar-refractivity contribution in [3.8, 4) is 0 Å². The second-order valence-corrected chi connectivity index (χ2v) is 7.74. The molecule has 1 nitrogen and oxygen atoms in total. The van der Waals surface area contributed by atoms with Crippen molar-refractivity contribution in [3.05, 3.63) is 117 Å². The largest absolute Gasteiger partial charge is 0.456 e. The summed E-state index contributed by atoms with van der Waals surface area (Å²) in [6, 6.07) is 25.8. The third-order valence-electron chi connectivity index (χ3n) is 4.88. The third kappa shape index (κ3) is 3.48. The minimum Gasteiger partial charge on any atom is -0.456 e. The molecule has 0 fully saturated rings. The molecule has 0 saturated carbocycles. The number of benzene rings is 3. The van der Waals surface area contributed by atoms with Gasteiger partial charge in [-0.25, -0.2) is 0 Å². The zero-order valence-electron chi connectivity index (χ0n) is 15.2. The van der Waals surface area contributed by atoms with Gasteiger partial charge in [0.15, 0.2) is 0 Å². The number of ether oxygens (including phenoxy) is 1. The van der Waals surface area contributed by atoms with Crippen LogP contribution in [0.2, 0.25) is 0 Å². The van der Waals surface area contributed by atoms with E-state index >= 15 is 0 Å². The molecule has 0 N–H and O–H groups in total. The highest BCUT2D eigenvalue weighted by Gasteiger charge is 2.59. The van der Waals surface area contributed by atoms with Crippen LogP contribution in [0.15, 0.2) is 101 Å². The summed E-state index contributed by atoms with van der Waals surface area (Å²) in [5.74, 6) is 0.403. The fourth-order valence-electron chi connectivity index (χ4n) is 3.42. The van der Waals surface area contributed by atoms with E-state index in [0.29, 0.717) is 11.1 Å². The Kier molecular flexibility index (Phi) is 5.25. The number of halogens is 4. The molecule has 1 aliphatic heterocycles. The molecular weight excluding hydrogens is 488 g/mol. The highest BCUT2D eigenvalue weighted by atomic mass is 127. The van der Waals surface area contributed by atoms with E-state index in [0.717, 1.165) is 0 Å². The number of allylic oxidation sites excluding steroid dienone is 2. The average Bonchev–Trinajstić information content (AvgIpc) is 2.75. The van der Waals surface area contributed by atoms with Crippen LogP contribution in [0.3, 0.4) is 0 Å². The lowest BCUT2D eigenvalue weighted by molar-refractivity contribution is -0.163. The predicted octanol–water partition coefficient (Wildman–Crippen LogP) is 7.36. The van der Waals surface area contributed by atoms with Crippen molar-refractivity contribution >= 4 is 34.1 Å². The molecule has 0 radical (unpaired) electrons. The van der Waals surface area contributed by atoms with E-state index in [2.05, 4.69) is 0 Å². The van der Waals surface area contributed by atoms with Crippen LogP contribution in [0.25, 0.3) is 11.5 Å². The Hall–Kier alpha value is -2.54. The van der Waals surface area contributed by atoms with E-state index < -0.39 is 11.6 Å². The van der Waals surface area contributed by atoms with Crippen molar-refractivity contribution in [2.24, 2.45) is 0 Å². The van der Waals surface area contributed by atoms with Gasteiger partial charge in [0.2, 0.25) is 0 Å². The van der Waals surface area contributed by atoms with E-state index in [9.17, 15) is 13.2 Å². The molecule has 146 valence electrons. The molecule has 4 rings (SSSR count). The summed E-state index contributed by atoms with van der Waals surface area (Å²) >= 11 is 1.79. The Bertz CT molecular complexity index is 1060. The van der Waals surface area contributed by atoms with Crippen molar-refractivity contribution in [1.29, 1.82) is 0 Å². The van der Waals surface area contributed by atoms with Crippen molar-refractivity contribution in [3.63, 3.8) is 0 Å². The van der Waals surface area contributed by atoms with Crippen molar-refractivity contribution in [2.45, 2.75) is 11.6 Å². The lowest BCUT2D eigenvalue weighted by Crippen LogP contribution is -2.43. The molecule has 5 heteroatoms. The van der Waals surface area contributed by atoms with Gasteiger partial charge in [-0.05, 0) is 34.2 Å². The summed E-state index contributed by atoms with van der Waals surface area (Å²) in [6.07, 6.45) is -3.36. The Morgan fingerprint density at radius 3 is 1.69 bits per heavy atom. The molecule has 0 aliphatic carbocycles. The van der Waals surface area contributed by atoms with Gasteiger partial charge in [0.1, 0.15) is 16.9 Å². The molecule has 1 aliphatic rings. The lowest BCUT2D eigenvalue weighted by atomic mass is 9.76. The van der Waals surface area contributed by atoms with E-state index in [-0.39, 0.29) is 20.7 Å². The first-order valence-electron chi connectivity index (χ1n) is 8.97. The molecule has 29 heavy (non-hydrogen) atoms. The summed E-state index contributed by atoms with van der Waals surface area (Å²) in [7, 11) is 0. The first kappa shape index (κ1) is 19.8. The first-order valence-corrected chi connectivity index (χ1v) is 10.1. The maximum atomic E-state index is 14.8. The molecule has 0 saturated heterocycles. The highest BCUT2D eigenvalue weighted by Crippen LogP contribution is 2.56. The van der Waals surface area contributed by atoms with Gasteiger partial charge in [0.05, 0.1) is 3.58 Å². The van der Waals surface area contributed by atoms with Crippen molar-refractivity contribution < 1.29 is 17.9 Å². The summed E-state index contributed by atoms with van der Waals surface area (Å²) in [4.78, 5) is 0. The molecule has 0 bridgehead atoms. The summed E-state index contributed by atoms with van der Waals surface area (Å²) in [6.45, 7) is 0. The molecule has 0 amide bonds. The Balaban J connectivity index is 2.04. The van der Waals surface area contributed by atoms with E-state index in [1.54, 1.807) is 89.3 Å². The Morgan fingerprint density at radius 1 is 0.690 bits per heavy atom. The van der Waals surface area contributed by atoms with Crippen LogP contribution in [0.1, 0.15) is 16.7 Å². The topological polar surface area (TPSA) is 9.23 Å². The van der Waals surface area contributed by atoms with Gasteiger partial charge in [-0.15, -0.1) is 0 Å². The normalized spacial score (nSPS) is 19.5. The maximum Gasteiger partial charge on any atom is 0.406 e. The molecule has 0 aromatic heterocycles. The number of rotatable bonds is 3. The van der Waals surface area contributed by atoms with Crippen LogP contribution in [0.5, 0.6) is 0 Å². The SMILES string of the molecule is FC(F)(F)[C@@]1(c2ccccc2)C=C(c2ccccc2)OC(c2ccccc2)=C1I. The van der Waals surface area contributed by atoms with Gasteiger partial charge < -0.3 is 4.74 Å². The second kappa shape index (κ2) is 7.71. The van der Waals surface area contributed by atoms with E-state index in [1.165, 1.54) is 18.2 Å². The summed E-state index contributed by atoms with van der Waals surface area (Å²) in [5, 5.41) is 0. The Morgan fingerprint density at radius 2 is 1.17 bits per heavy atom. The first-order chi connectivity index (χ1) is 13.9. The fraction of sp³-hybridized carbons (Fsp3) is 0.0833. The number of hydrogen-bond acceptors (Lipinski definition) is 1. The van der Waals surface area contributed by atoms with Crippen molar-refractivity contribution in [2.75, 3.05) is 0 Å². The molecule has 1 heterocycles. The molecular formula is C24H16F3IO. The smallest absolute Gasteiger partial charge is 0.406 e. The fourth-order valence-corrected chi connectivity index (χ4v) is 4.62. The zero-order valence-corrected chi connectivity index (χ0v) is 17.3. The van der Waals surface area contributed by atoms with Gasteiger partial charge in [0.25, 0.3) is 0 Å². The number of hydrogen-bond donors (Lipinski definition) is 0. The third-order valence-corrected chi connectivity index (χ3v) is 6.22. The van der Waals surface area contributed by atoms with Crippen LogP contribution in [0, 0.1) is 0 Å². The summed E-state index contributed by atoms with van der Waals surface area (Å²) in [5.41, 5.74) is -0.955. The van der Waals surface area contributed by atoms with Crippen LogP contribution in [-0.4, -0.2) is 6.18 Å². The maximum absolute atomic E-state index is 14.8. The predicted molar refractivity (Wildman–Crippen MR) is 117 cm³/mol. The minimum absolute atomic E-state index is 0.0830. The quantitative estimate of drug-likeness (QED) is 0.339. The van der Waals surface area contributed by atoms with Gasteiger partial charge in [-0.3, -0.25) is 0 Å². The Labute approximate surface area is 180 Å². The molecule has 0 spiro atoms. The lowest BCUT2D eigenvalue weighted by Gasteiger charge is -2.38. The molecule has 0 unspecified atom stereocenters. The average molecular weight is 504 g/mol. The van der Waals surface area contributed by atoms with Crippen LogP contribution >= 0.6 is 22.6 Å². The van der Waals surface area contributed by atoms with Gasteiger partial charge in [-0.2, -0.15) is 13.2 Å². The molecule has 1 atom stereocenters. The van der Waals surface area contributed by atoms with Gasteiger partial charge >= 0.3 is 6.18 Å². The van der Waals surface area contributed by atoms with Crippen LogP contribution in [-0.2, 0) is 10.2 Å². The van der Waals surface area contributed by atoms with Gasteiger partial charge in [-0.1, -0.05) is 91.0 Å². The van der Waals surface area contributed by atoms with E-state index in [4.69, 9.17) is 4.74 Å². The molecule has 3 aromatic rings. The van der Waals surface area contributed by atoms with Gasteiger partial charge in [0, 0.05) is 11.1 Å². The molecule has 3 aromatic carbocycles. The second-order valence-electron chi connectivity index (χ2n) is 6.66.